The van der Waals surface area contributed by atoms with Crippen molar-refractivity contribution < 1.29 is 18.0 Å². The lowest BCUT2D eigenvalue weighted by molar-refractivity contribution is -0.128. The molecule has 0 aromatic rings. The number of hydrogen-bond donors (Lipinski definition) is 2. The van der Waals surface area contributed by atoms with Crippen molar-refractivity contribution in [1.29, 1.82) is 0 Å². The number of alkyl halides is 3. The van der Waals surface area contributed by atoms with E-state index in [-0.39, 0.29) is 49.7 Å². The summed E-state index contributed by atoms with van der Waals surface area (Å²) in [7, 11) is 0. The molecule has 5 nitrogen and oxygen atoms in total. The summed E-state index contributed by atoms with van der Waals surface area (Å²) in [6.07, 6.45) is -0.934. The number of amides is 1. The molecule has 6 atom stereocenters. The monoisotopic (exact) mass is 332 g/mol. The van der Waals surface area contributed by atoms with Gasteiger partial charge in [0.1, 0.15) is 12.5 Å². The zero-order valence-corrected chi connectivity index (χ0v) is 13.1. The van der Waals surface area contributed by atoms with E-state index in [1.165, 1.54) is 0 Å². The lowest BCUT2D eigenvalue weighted by atomic mass is 9.80. The summed E-state index contributed by atoms with van der Waals surface area (Å²) in [6.45, 7) is 2.50. The summed E-state index contributed by atoms with van der Waals surface area (Å²) in [5, 5.41) is 6.24. The van der Waals surface area contributed by atoms with E-state index in [0.717, 1.165) is 0 Å². The van der Waals surface area contributed by atoms with Gasteiger partial charge in [-0.05, 0) is 19.8 Å². The molecule has 2 N–H and O–H groups in total. The van der Waals surface area contributed by atoms with Crippen LogP contribution in [0.25, 0.3) is 0 Å². The minimum absolute atomic E-state index is 0.0295. The summed E-state index contributed by atoms with van der Waals surface area (Å²) in [4.78, 5) is 16.2. The molecule has 0 aromatic carbocycles. The molecule has 23 heavy (non-hydrogen) atoms. The molecular weight excluding hydrogens is 309 g/mol. The molecule has 130 valence electrons. The quantitative estimate of drug-likeness (QED) is 0.735. The van der Waals surface area contributed by atoms with E-state index in [1.54, 1.807) is 4.90 Å². The van der Waals surface area contributed by atoms with E-state index >= 15 is 0 Å². The second-order valence-electron chi connectivity index (χ2n) is 7.43. The van der Waals surface area contributed by atoms with Crippen LogP contribution in [0.3, 0.4) is 0 Å². The first-order chi connectivity index (χ1) is 10.9. The van der Waals surface area contributed by atoms with Gasteiger partial charge in [0.15, 0.2) is 0 Å². The van der Waals surface area contributed by atoms with Gasteiger partial charge in [-0.15, -0.1) is 0 Å². The van der Waals surface area contributed by atoms with Gasteiger partial charge < -0.3 is 5.32 Å². The highest BCUT2D eigenvalue weighted by Crippen LogP contribution is 2.40. The maximum Gasteiger partial charge on any atom is 0.261 e. The molecule has 4 aliphatic rings. The summed E-state index contributed by atoms with van der Waals surface area (Å²) < 4.78 is 41.3. The van der Waals surface area contributed by atoms with Crippen molar-refractivity contribution in [2.45, 2.75) is 62.7 Å². The second kappa shape index (κ2) is 5.32. The van der Waals surface area contributed by atoms with E-state index < -0.39 is 18.0 Å². The molecule has 3 saturated heterocycles. The van der Waals surface area contributed by atoms with Crippen LogP contribution in [0, 0.1) is 5.92 Å². The van der Waals surface area contributed by atoms with Crippen LogP contribution in [0.5, 0.6) is 0 Å². The van der Waals surface area contributed by atoms with Gasteiger partial charge in [-0.3, -0.25) is 19.9 Å². The maximum absolute atomic E-state index is 14.1. The van der Waals surface area contributed by atoms with Crippen molar-refractivity contribution in [3.05, 3.63) is 0 Å². The number of nitrogens with one attached hydrogen (secondary N) is 2. The Bertz CT molecular complexity index is 505. The van der Waals surface area contributed by atoms with Crippen LogP contribution < -0.4 is 10.6 Å². The lowest BCUT2D eigenvalue weighted by Gasteiger charge is -2.40. The molecule has 8 heteroatoms. The van der Waals surface area contributed by atoms with Gasteiger partial charge >= 0.3 is 0 Å². The molecule has 3 aliphatic heterocycles. The Kier molecular flexibility index (Phi) is 3.62. The Morgan fingerprint density at radius 3 is 2.78 bits per heavy atom. The number of carbonyl (C=O) groups is 1. The number of carbonyl (C=O) groups excluding carboxylic acids is 1. The third-order valence-corrected chi connectivity index (χ3v) is 5.80. The summed E-state index contributed by atoms with van der Waals surface area (Å²) in [5.74, 6) is -3.18. The smallest absolute Gasteiger partial charge is 0.261 e. The first kappa shape index (κ1) is 15.7. The molecule has 0 aromatic heterocycles. The number of rotatable bonds is 1. The van der Waals surface area contributed by atoms with E-state index in [0.29, 0.717) is 19.5 Å². The van der Waals surface area contributed by atoms with Crippen molar-refractivity contribution in [1.82, 2.24) is 20.4 Å². The normalized spacial score (nSPS) is 47.2. The molecule has 0 bridgehead atoms. The van der Waals surface area contributed by atoms with E-state index in [2.05, 4.69) is 15.5 Å². The Balaban J connectivity index is 1.64. The van der Waals surface area contributed by atoms with Crippen molar-refractivity contribution in [2.24, 2.45) is 5.92 Å². The van der Waals surface area contributed by atoms with Gasteiger partial charge in [0.05, 0.1) is 12.5 Å². The summed E-state index contributed by atoms with van der Waals surface area (Å²) in [6, 6.07) is -0.241. The predicted octanol–water partition coefficient (Wildman–Crippen LogP) is 0.520. The molecule has 1 aliphatic carbocycles. The predicted molar refractivity (Wildman–Crippen MR) is 77.6 cm³/mol. The topological polar surface area (TPSA) is 47.6 Å². The molecule has 4 rings (SSSR count). The van der Waals surface area contributed by atoms with Gasteiger partial charge in [-0.2, -0.15) is 0 Å². The Morgan fingerprint density at radius 1 is 1.30 bits per heavy atom. The van der Waals surface area contributed by atoms with Gasteiger partial charge in [-0.1, -0.05) is 0 Å². The van der Waals surface area contributed by atoms with Gasteiger partial charge in [-0.25, -0.2) is 13.2 Å². The summed E-state index contributed by atoms with van der Waals surface area (Å²) >= 11 is 0. The first-order valence-corrected chi connectivity index (χ1v) is 8.43. The summed E-state index contributed by atoms with van der Waals surface area (Å²) in [5.41, 5.74) is 0. The van der Waals surface area contributed by atoms with E-state index in [9.17, 15) is 18.0 Å². The van der Waals surface area contributed by atoms with Crippen molar-refractivity contribution in [3.8, 4) is 0 Å². The number of halogens is 3. The number of hydrogen-bond acceptors (Lipinski definition) is 4. The largest absolute Gasteiger partial charge is 0.354 e. The Morgan fingerprint density at radius 2 is 2.09 bits per heavy atom. The van der Waals surface area contributed by atoms with E-state index in [1.807, 2.05) is 6.92 Å². The Hall–Kier alpha value is -0.860. The molecule has 5 unspecified atom stereocenters. The van der Waals surface area contributed by atoms with Crippen LogP contribution in [0.1, 0.15) is 26.2 Å². The van der Waals surface area contributed by atoms with E-state index in [4.69, 9.17) is 0 Å². The zero-order valence-electron chi connectivity index (χ0n) is 13.1. The first-order valence-electron chi connectivity index (χ1n) is 8.43. The minimum Gasteiger partial charge on any atom is -0.354 e. The van der Waals surface area contributed by atoms with Crippen LogP contribution in [0.2, 0.25) is 0 Å². The average Bonchev–Trinajstić information content (AvgIpc) is 2.99. The highest BCUT2D eigenvalue weighted by Gasteiger charge is 2.56. The van der Waals surface area contributed by atoms with Crippen LogP contribution in [0.4, 0.5) is 13.2 Å². The van der Waals surface area contributed by atoms with Crippen LogP contribution in [-0.4, -0.2) is 71.9 Å². The SMILES string of the molecule is C[C@H]1CNC(=O)C2CC(F)CC3NC(N4CCC(F)(F)C4)N1C32. The molecule has 0 radical (unpaired) electrons. The van der Waals surface area contributed by atoms with Gasteiger partial charge in [0.25, 0.3) is 5.92 Å². The molecule has 1 saturated carbocycles. The highest BCUT2D eigenvalue weighted by molar-refractivity contribution is 5.80. The molecule has 1 amide bonds. The second-order valence-corrected chi connectivity index (χ2v) is 7.43. The average molecular weight is 332 g/mol. The Labute approximate surface area is 133 Å². The number of nitrogens with zero attached hydrogens (tertiary/aromatic N) is 2. The van der Waals surface area contributed by atoms with Crippen molar-refractivity contribution >= 4 is 5.91 Å². The molecule has 0 spiro atoms. The van der Waals surface area contributed by atoms with Crippen LogP contribution in [-0.2, 0) is 4.79 Å². The molecular formula is C15H23F3N4O. The minimum atomic E-state index is -2.67. The highest BCUT2D eigenvalue weighted by atomic mass is 19.3. The van der Waals surface area contributed by atoms with Crippen LogP contribution >= 0.6 is 0 Å². The third-order valence-electron chi connectivity index (χ3n) is 5.80. The van der Waals surface area contributed by atoms with Crippen molar-refractivity contribution in [3.63, 3.8) is 0 Å². The molecule has 4 fully saturated rings. The third kappa shape index (κ3) is 2.55. The fraction of sp³-hybridized carbons (Fsp3) is 0.933. The fourth-order valence-corrected chi connectivity index (χ4v) is 4.78. The maximum atomic E-state index is 14.1. The van der Waals surface area contributed by atoms with Gasteiger partial charge in [0, 0.05) is 37.6 Å². The number of likely N-dealkylation sites (tertiary alicyclic amines) is 1. The van der Waals surface area contributed by atoms with Crippen molar-refractivity contribution in [2.75, 3.05) is 19.6 Å². The van der Waals surface area contributed by atoms with Gasteiger partial charge in [0.2, 0.25) is 5.91 Å². The standard InChI is InChI=1S/C15H23F3N4O/c1-8-6-19-13(23)10-4-9(16)5-11-12(10)22(8)14(20-11)21-3-2-15(17,18)7-21/h8-12,14,20H,2-7H2,1H3,(H,19,23)/t8-,9?,10?,11?,12?,14?/m0/s1. The zero-order chi connectivity index (χ0) is 16.4. The molecule has 3 heterocycles. The fourth-order valence-electron chi connectivity index (χ4n) is 4.78. The lowest BCUT2D eigenvalue weighted by Crippen LogP contribution is -2.56. The van der Waals surface area contributed by atoms with Crippen LogP contribution in [0.15, 0.2) is 0 Å².